The third kappa shape index (κ3) is 2.79. The Morgan fingerprint density at radius 3 is 2.40 bits per heavy atom. The fraction of sp³-hybridized carbons (Fsp3) is 0.143. The SMILES string of the molecule is Cc1c([N+](=O)[O-])cc(I)cc1S(=O)(=O)Cl. The number of nitro groups is 1. The van der Waals surface area contributed by atoms with Crippen LogP contribution in [0.15, 0.2) is 17.0 Å². The molecule has 0 N–H and O–H groups in total. The van der Waals surface area contributed by atoms with Gasteiger partial charge in [0, 0.05) is 25.9 Å². The van der Waals surface area contributed by atoms with E-state index in [1.807, 2.05) is 0 Å². The smallest absolute Gasteiger partial charge is 0.258 e. The molecule has 1 aromatic rings. The number of nitro benzene ring substituents is 1. The molecule has 0 heterocycles. The molecule has 0 spiro atoms. The van der Waals surface area contributed by atoms with Crippen molar-refractivity contribution in [2.45, 2.75) is 11.8 Å². The molecule has 0 saturated carbocycles. The van der Waals surface area contributed by atoms with Crippen molar-refractivity contribution in [3.63, 3.8) is 0 Å². The zero-order valence-corrected chi connectivity index (χ0v) is 11.1. The lowest BCUT2D eigenvalue weighted by molar-refractivity contribution is -0.385. The Hall–Kier alpha value is -0.410. The molecule has 0 aliphatic carbocycles. The maximum absolute atomic E-state index is 11.1. The maximum atomic E-state index is 11.1. The van der Waals surface area contributed by atoms with E-state index < -0.39 is 14.0 Å². The molecule has 1 aromatic carbocycles. The number of hydrogen-bond donors (Lipinski definition) is 0. The number of nitrogens with zero attached hydrogens (tertiary/aromatic N) is 1. The molecule has 0 bridgehead atoms. The summed E-state index contributed by atoms with van der Waals surface area (Å²) in [5.74, 6) is 0. The first-order chi connectivity index (χ1) is 6.73. The number of benzene rings is 1. The van der Waals surface area contributed by atoms with Gasteiger partial charge in [0.15, 0.2) is 0 Å². The van der Waals surface area contributed by atoms with Crippen molar-refractivity contribution < 1.29 is 13.3 Å². The third-order valence-corrected chi connectivity index (χ3v) is 3.83. The molecule has 82 valence electrons. The van der Waals surface area contributed by atoms with Gasteiger partial charge in [-0.2, -0.15) is 0 Å². The van der Waals surface area contributed by atoms with Crippen molar-refractivity contribution in [2.24, 2.45) is 0 Å². The quantitative estimate of drug-likeness (QED) is 0.351. The van der Waals surface area contributed by atoms with Gasteiger partial charge in [-0.1, -0.05) is 0 Å². The van der Waals surface area contributed by atoms with Gasteiger partial charge in [0.05, 0.1) is 9.82 Å². The maximum Gasteiger partial charge on any atom is 0.274 e. The van der Waals surface area contributed by atoms with Crippen LogP contribution in [0.25, 0.3) is 0 Å². The Labute approximate surface area is 104 Å². The molecule has 5 nitrogen and oxygen atoms in total. The third-order valence-electron chi connectivity index (χ3n) is 1.76. The average molecular weight is 362 g/mol. The average Bonchev–Trinajstić information content (AvgIpc) is 2.06. The normalized spacial score (nSPS) is 11.4. The zero-order valence-electron chi connectivity index (χ0n) is 7.40. The molecule has 0 aliphatic rings. The van der Waals surface area contributed by atoms with Gasteiger partial charge in [0.2, 0.25) is 0 Å². The second kappa shape index (κ2) is 4.22. The molecule has 0 saturated heterocycles. The molecule has 0 fully saturated rings. The first-order valence-corrected chi connectivity index (χ1v) is 7.01. The molecule has 0 aliphatic heterocycles. The Balaban J connectivity index is 3.63. The molecule has 8 heteroatoms. The lowest BCUT2D eigenvalue weighted by Gasteiger charge is -2.03. The van der Waals surface area contributed by atoms with Crippen LogP contribution < -0.4 is 0 Å². The second-order valence-electron chi connectivity index (χ2n) is 2.74. The second-order valence-corrected chi connectivity index (χ2v) is 6.52. The predicted molar refractivity (Wildman–Crippen MR) is 63.6 cm³/mol. The number of hydrogen-bond acceptors (Lipinski definition) is 4. The summed E-state index contributed by atoms with van der Waals surface area (Å²) in [6, 6.07) is 2.59. The van der Waals surface area contributed by atoms with E-state index in [0.29, 0.717) is 3.57 Å². The van der Waals surface area contributed by atoms with Gasteiger partial charge in [-0.25, -0.2) is 8.42 Å². The monoisotopic (exact) mass is 361 g/mol. The summed E-state index contributed by atoms with van der Waals surface area (Å²) < 4.78 is 22.7. The van der Waals surface area contributed by atoms with Gasteiger partial charge in [-0.05, 0) is 35.6 Å². The van der Waals surface area contributed by atoms with Gasteiger partial charge in [0.1, 0.15) is 0 Å². The number of rotatable bonds is 2. The van der Waals surface area contributed by atoms with Crippen molar-refractivity contribution >= 4 is 48.0 Å². The summed E-state index contributed by atoms with van der Waals surface area (Å²) in [6.45, 7) is 1.35. The standard InChI is InChI=1S/C7H5ClINO4S/c1-4-6(10(11)12)2-5(9)3-7(4)15(8,13)14/h2-3H,1H3. The van der Waals surface area contributed by atoms with Crippen LogP contribution in [0.2, 0.25) is 0 Å². The summed E-state index contributed by atoms with van der Waals surface area (Å²) in [6.07, 6.45) is 0. The molecule has 0 atom stereocenters. The Morgan fingerprint density at radius 2 is 2.00 bits per heavy atom. The molecular weight excluding hydrogens is 357 g/mol. The highest BCUT2D eigenvalue weighted by atomic mass is 127. The van der Waals surface area contributed by atoms with Crippen LogP contribution in [0.3, 0.4) is 0 Å². The number of halogens is 2. The van der Waals surface area contributed by atoms with Crippen LogP contribution in [0.5, 0.6) is 0 Å². The predicted octanol–water partition coefficient (Wildman–Crippen LogP) is 2.44. The van der Waals surface area contributed by atoms with Crippen LogP contribution in [0.4, 0.5) is 5.69 Å². The highest BCUT2D eigenvalue weighted by molar-refractivity contribution is 14.1. The van der Waals surface area contributed by atoms with Crippen molar-refractivity contribution in [1.82, 2.24) is 0 Å². The van der Waals surface area contributed by atoms with Crippen molar-refractivity contribution in [1.29, 1.82) is 0 Å². The fourth-order valence-corrected chi connectivity index (χ4v) is 3.12. The summed E-state index contributed by atoms with van der Waals surface area (Å²) in [4.78, 5) is 9.76. The van der Waals surface area contributed by atoms with E-state index in [9.17, 15) is 18.5 Å². The van der Waals surface area contributed by atoms with Gasteiger partial charge < -0.3 is 0 Å². The molecule has 0 aromatic heterocycles. The van der Waals surface area contributed by atoms with E-state index in [2.05, 4.69) is 0 Å². The van der Waals surface area contributed by atoms with E-state index in [0.717, 1.165) is 0 Å². The summed E-state index contributed by atoms with van der Waals surface area (Å²) in [7, 11) is 1.21. The first-order valence-electron chi connectivity index (χ1n) is 3.62. The molecule has 0 amide bonds. The first kappa shape index (κ1) is 12.7. The van der Waals surface area contributed by atoms with E-state index >= 15 is 0 Å². The van der Waals surface area contributed by atoms with Gasteiger partial charge in [0.25, 0.3) is 14.7 Å². The van der Waals surface area contributed by atoms with Crippen LogP contribution in [0, 0.1) is 20.6 Å². The summed E-state index contributed by atoms with van der Waals surface area (Å²) in [5, 5.41) is 10.6. The van der Waals surface area contributed by atoms with Crippen LogP contribution >= 0.6 is 33.3 Å². The molecular formula is C7H5ClINO4S. The fourth-order valence-electron chi connectivity index (χ4n) is 1.08. The van der Waals surface area contributed by atoms with E-state index in [1.165, 1.54) is 19.1 Å². The van der Waals surface area contributed by atoms with Crippen LogP contribution in [-0.4, -0.2) is 13.3 Å². The largest absolute Gasteiger partial charge is 0.274 e. The van der Waals surface area contributed by atoms with Crippen molar-refractivity contribution in [2.75, 3.05) is 0 Å². The lowest BCUT2D eigenvalue weighted by atomic mass is 10.2. The Bertz CT molecular complexity index is 528. The van der Waals surface area contributed by atoms with Gasteiger partial charge in [-0.15, -0.1) is 0 Å². The highest BCUT2D eigenvalue weighted by Gasteiger charge is 2.22. The summed E-state index contributed by atoms with van der Waals surface area (Å²) in [5.41, 5.74) is -0.198. The minimum Gasteiger partial charge on any atom is -0.258 e. The van der Waals surface area contributed by atoms with Crippen molar-refractivity contribution in [3.8, 4) is 0 Å². The van der Waals surface area contributed by atoms with E-state index in [4.69, 9.17) is 10.7 Å². The highest BCUT2D eigenvalue weighted by Crippen LogP contribution is 2.29. The minimum absolute atomic E-state index is 0.0513. The topological polar surface area (TPSA) is 77.3 Å². The molecule has 1 rings (SSSR count). The van der Waals surface area contributed by atoms with Gasteiger partial charge in [-0.3, -0.25) is 10.1 Å². The zero-order chi connectivity index (χ0) is 11.8. The minimum atomic E-state index is -3.95. The molecule has 0 unspecified atom stereocenters. The van der Waals surface area contributed by atoms with Crippen LogP contribution in [-0.2, 0) is 9.05 Å². The Morgan fingerprint density at radius 1 is 1.47 bits per heavy atom. The Kier molecular flexibility index (Phi) is 3.56. The molecule has 0 radical (unpaired) electrons. The molecule has 15 heavy (non-hydrogen) atoms. The van der Waals surface area contributed by atoms with Gasteiger partial charge >= 0.3 is 0 Å². The van der Waals surface area contributed by atoms with E-state index in [1.54, 1.807) is 22.6 Å². The van der Waals surface area contributed by atoms with Crippen molar-refractivity contribution in [3.05, 3.63) is 31.4 Å². The van der Waals surface area contributed by atoms with E-state index in [-0.39, 0.29) is 16.1 Å². The summed E-state index contributed by atoms with van der Waals surface area (Å²) >= 11 is 1.79. The van der Waals surface area contributed by atoms with Crippen LogP contribution in [0.1, 0.15) is 5.56 Å². The lowest BCUT2D eigenvalue weighted by Crippen LogP contribution is -2.00.